The van der Waals surface area contributed by atoms with Gasteiger partial charge in [0.25, 0.3) is 0 Å². The van der Waals surface area contributed by atoms with Crippen LogP contribution in [0.15, 0.2) is 27.7 Å². The van der Waals surface area contributed by atoms with E-state index in [1.807, 2.05) is 0 Å². The van der Waals surface area contributed by atoms with Crippen molar-refractivity contribution in [1.29, 1.82) is 0 Å². The second kappa shape index (κ2) is 3.06. The minimum atomic E-state index is 0.0340. The Balaban J connectivity index is 2.41. The normalized spacial score (nSPS) is 10.2. The summed E-state index contributed by atoms with van der Waals surface area (Å²) in [4.78, 5) is 8.65. The van der Waals surface area contributed by atoms with Gasteiger partial charge >= 0.3 is 6.01 Å². The van der Waals surface area contributed by atoms with Crippen LogP contribution in [0.5, 0.6) is 0 Å². The molecule has 0 fully saturated rings. The topological polar surface area (TPSA) is 77.8 Å². The SMILES string of the molecule is Nc1nc(-c2ccc(S)cn2)no1. The van der Waals surface area contributed by atoms with Crippen LogP contribution in [0.3, 0.4) is 0 Å². The minimum Gasteiger partial charge on any atom is -0.351 e. The van der Waals surface area contributed by atoms with E-state index in [9.17, 15) is 0 Å². The highest BCUT2D eigenvalue weighted by molar-refractivity contribution is 7.80. The van der Waals surface area contributed by atoms with E-state index in [2.05, 4.69) is 32.3 Å². The van der Waals surface area contributed by atoms with Crippen molar-refractivity contribution in [2.45, 2.75) is 4.90 Å². The van der Waals surface area contributed by atoms with Gasteiger partial charge in [-0.2, -0.15) is 4.98 Å². The summed E-state index contributed by atoms with van der Waals surface area (Å²) in [7, 11) is 0. The number of pyridine rings is 1. The maximum Gasteiger partial charge on any atom is 0.319 e. The van der Waals surface area contributed by atoms with Crippen LogP contribution in [0, 0.1) is 0 Å². The standard InChI is InChI=1S/C7H6N4OS/c8-7-10-6(11-12-7)5-2-1-4(13)3-9-5/h1-3,13H,(H2,8,10,11). The van der Waals surface area contributed by atoms with Gasteiger partial charge in [0.05, 0.1) is 0 Å². The Bertz CT molecular complexity index is 411. The monoisotopic (exact) mass is 194 g/mol. The van der Waals surface area contributed by atoms with Gasteiger partial charge in [0.15, 0.2) is 0 Å². The molecule has 0 aromatic carbocycles. The first-order valence-electron chi connectivity index (χ1n) is 3.50. The number of hydrogen-bond donors (Lipinski definition) is 2. The number of nitrogen functional groups attached to an aromatic ring is 1. The molecule has 0 saturated heterocycles. The third-order valence-corrected chi connectivity index (χ3v) is 1.68. The molecule has 2 aromatic rings. The predicted octanol–water partition coefficient (Wildman–Crippen LogP) is 1.00. The van der Waals surface area contributed by atoms with Gasteiger partial charge in [0.1, 0.15) is 5.69 Å². The molecule has 0 unspecified atom stereocenters. The Morgan fingerprint density at radius 1 is 1.38 bits per heavy atom. The van der Waals surface area contributed by atoms with Crippen LogP contribution in [0.4, 0.5) is 6.01 Å². The lowest BCUT2D eigenvalue weighted by Crippen LogP contribution is -1.86. The fourth-order valence-corrected chi connectivity index (χ4v) is 0.990. The molecule has 6 heteroatoms. The lowest BCUT2D eigenvalue weighted by atomic mass is 10.3. The molecule has 13 heavy (non-hydrogen) atoms. The minimum absolute atomic E-state index is 0.0340. The molecule has 2 heterocycles. The molecular weight excluding hydrogens is 188 g/mol. The number of rotatable bonds is 1. The highest BCUT2D eigenvalue weighted by Crippen LogP contribution is 2.14. The van der Waals surface area contributed by atoms with Crippen LogP contribution < -0.4 is 5.73 Å². The summed E-state index contributed by atoms with van der Waals surface area (Å²) < 4.78 is 4.61. The Labute approximate surface area is 79.4 Å². The summed E-state index contributed by atoms with van der Waals surface area (Å²) in [5, 5.41) is 3.62. The molecule has 5 nitrogen and oxygen atoms in total. The van der Waals surface area contributed by atoms with Crippen molar-refractivity contribution in [3.63, 3.8) is 0 Å². The van der Waals surface area contributed by atoms with Crippen molar-refractivity contribution in [3.8, 4) is 11.5 Å². The van der Waals surface area contributed by atoms with E-state index in [1.165, 1.54) is 0 Å². The van der Waals surface area contributed by atoms with Gasteiger partial charge in [-0.25, -0.2) is 0 Å². The molecule has 2 aromatic heterocycles. The molecule has 0 aliphatic heterocycles. The number of nitrogens with zero attached hydrogens (tertiary/aromatic N) is 3. The summed E-state index contributed by atoms with van der Waals surface area (Å²) in [6.07, 6.45) is 1.60. The van der Waals surface area contributed by atoms with Gasteiger partial charge in [0.2, 0.25) is 5.82 Å². The van der Waals surface area contributed by atoms with Crippen molar-refractivity contribution < 1.29 is 4.52 Å². The number of nitrogens with two attached hydrogens (primary N) is 1. The molecule has 0 aliphatic rings. The molecule has 0 bridgehead atoms. The quantitative estimate of drug-likeness (QED) is 0.662. The van der Waals surface area contributed by atoms with E-state index in [-0.39, 0.29) is 6.01 Å². The van der Waals surface area contributed by atoms with Crippen LogP contribution in [0.1, 0.15) is 0 Å². The maximum absolute atomic E-state index is 5.26. The first-order valence-corrected chi connectivity index (χ1v) is 3.95. The number of hydrogen-bond acceptors (Lipinski definition) is 6. The molecule has 0 saturated carbocycles. The fraction of sp³-hybridized carbons (Fsp3) is 0. The second-order valence-corrected chi connectivity index (χ2v) is 2.87. The third-order valence-electron chi connectivity index (χ3n) is 1.42. The Morgan fingerprint density at radius 3 is 2.77 bits per heavy atom. The van der Waals surface area contributed by atoms with Gasteiger partial charge in [0, 0.05) is 11.1 Å². The number of anilines is 1. The molecule has 0 atom stereocenters. The maximum atomic E-state index is 5.26. The van der Waals surface area contributed by atoms with E-state index < -0.39 is 0 Å². The lowest BCUT2D eigenvalue weighted by molar-refractivity contribution is 0.436. The van der Waals surface area contributed by atoms with Crippen LogP contribution in [-0.4, -0.2) is 15.1 Å². The van der Waals surface area contributed by atoms with Crippen LogP contribution >= 0.6 is 12.6 Å². The van der Waals surface area contributed by atoms with Crippen molar-refractivity contribution in [2.24, 2.45) is 0 Å². The van der Waals surface area contributed by atoms with Gasteiger partial charge < -0.3 is 10.3 Å². The van der Waals surface area contributed by atoms with Gasteiger partial charge in [-0.1, -0.05) is 5.16 Å². The molecule has 0 spiro atoms. The Hall–Kier alpha value is -1.56. The van der Waals surface area contributed by atoms with Crippen LogP contribution in [0.2, 0.25) is 0 Å². The Morgan fingerprint density at radius 2 is 2.23 bits per heavy atom. The first-order chi connectivity index (χ1) is 6.25. The van der Waals surface area contributed by atoms with Crippen LogP contribution in [0.25, 0.3) is 11.5 Å². The molecule has 0 amide bonds. The van der Waals surface area contributed by atoms with E-state index in [0.29, 0.717) is 11.5 Å². The van der Waals surface area contributed by atoms with E-state index in [0.717, 1.165) is 4.90 Å². The summed E-state index contributed by atoms with van der Waals surface area (Å²) in [6.45, 7) is 0. The smallest absolute Gasteiger partial charge is 0.319 e. The number of thiol groups is 1. The van der Waals surface area contributed by atoms with E-state index >= 15 is 0 Å². The fourth-order valence-electron chi connectivity index (χ4n) is 0.858. The Kier molecular flexibility index (Phi) is 1.90. The zero-order valence-corrected chi connectivity index (χ0v) is 7.40. The molecule has 2 rings (SSSR count). The molecular formula is C7H6N4OS. The largest absolute Gasteiger partial charge is 0.351 e. The van der Waals surface area contributed by atoms with Crippen molar-refractivity contribution in [3.05, 3.63) is 18.3 Å². The number of aromatic nitrogens is 3. The molecule has 66 valence electrons. The first kappa shape index (κ1) is 8.06. The van der Waals surface area contributed by atoms with Gasteiger partial charge in [-0.05, 0) is 12.1 Å². The molecule has 2 N–H and O–H groups in total. The average molecular weight is 194 g/mol. The van der Waals surface area contributed by atoms with E-state index in [1.54, 1.807) is 18.3 Å². The molecule has 0 aliphatic carbocycles. The van der Waals surface area contributed by atoms with Gasteiger partial charge in [-0.15, -0.1) is 12.6 Å². The average Bonchev–Trinajstić information content (AvgIpc) is 2.53. The van der Waals surface area contributed by atoms with Crippen molar-refractivity contribution in [1.82, 2.24) is 15.1 Å². The zero-order chi connectivity index (χ0) is 9.26. The summed E-state index contributed by atoms with van der Waals surface area (Å²) in [6, 6.07) is 3.57. The highest BCUT2D eigenvalue weighted by Gasteiger charge is 2.06. The summed E-state index contributed by atoms with van der Waals surface area (Å²) in [5.41, 5.74) is 5.87. The lowest BCUT2D eigenvalue weighted by Gasteiger charge is -1.92. The van der Waals surface area contributed by atoms with Crippen molar-refractivity contribution in [2.75, 3.05) is 5.73 Å². The van der Waals surface area contributed by atoms with Crippen LogP contribution in [-0.2, 0) is 0 Å². The molecule has 0 radical (unpaired) electrons. The summed E-state index contributed by atoms with van der Waals surface area (Å²) in [5.74, 6) is 0.380. The third kappa shape index (κ3) is 1.62. The van der Waals surface area contributed by atoms with Crippen molar-refractivity contribution >= 4 is 18.6 Å². The summed E-state index contributed by atoms with van der Waals surface area (Å²) >= 11 is 4.10. The van der Waals surface area contributed by atoms with Gasteiger partial charge in [-0.3, -0.25) is 4.98 Å². The highest BCUT2D eigenvalue weighted by atomic mass is 32.1. The second-order valence-electron chi connectivity index (χ2n) is 2.36. The zero-order valence-electron chi connectivity index (χ0n) is 6.51. The predicted molar refractivity (Wildman–Crippen MR) is 49.2 cm³/mol. The van der Waals surface area contributed by atoms with E-state index in [4.69, 9.17) is 5.73 Å².